The molecular formula is C46H57N13O2S. The molecule has 62 heavy (non-hydrogen) atoms. The second-order valence-corrected chi connectivity index (χ2v) is 15.2. The van der Waals surface area contributed by atoms with Crippen LogP contribution in [0, 0.1) is 0 Å². The standard InChI is InChI=1S/C18H22N4O2.C17H16N6S.C9H9N3.C2H6.2H2/c19-13-3-4-15-12(10-13)11-16(20-15)18(24)21-8-5-14(6-9-21)22-7-1-2-17(22)23;1-3-4-5-12(19-2)13-8-9-20-17(23-13)21-11-6-7-14-15(10-11)24-16(18)22-14;1-12-9(5-7-11-12)8-4-2-3-6-10-8;1-2;;/h3-4,10-11,14,20H,1-2,5-9,19H2;3-10H,2H2,1H3,(H2,18,22)(H,20,21,23);2-7H,1H3;1-2H3;2*1H/b;4-3-,12-5-;;;;. The minimum atomic E-state index is 0. The van der Waals surface area contributed by atoms with Crippen molar-refractivity contribution >= 4 is 79.1 Å². The predicted molar refractivity (Wildman–Crippen MR) is 256 cm³/mol. The van der Waals surface area contributed by atoms with Crippen molar-refractivity contribution in [3.63, 3.8) is 0 Å². The van der Waals surface area contributed by atoms with Crippen molar-refractivity contribution < 1.29 is 12.4 Å². The fourth-order valence-corrected chi connectivity index (χ4v) is 7.90. The van der Waals surface area contributed by atoms with Crippen LogP contribution in [0.25, 0.3) is 38.2 Å². The van der Waals surface area contributed by atoms with Crippen molar-refractivity contribution in [3.05, 3.63) is 121 Å². The molecule has 0 spiro atoms. The number of aromatic nitrogens is 7. The number of benzene rings is 2. The molecule has 2 aromatic carbocycles. The summed E-state index contributed by atoms with van der Waals surface area (Å²) in [4.78, 5) is 52.9. The molecule has 324 valence electrons. The summed E-state index contributed by atoms with van der Waals surface area (Å²) >= 11 is 1.44. The van der Waals surface area contributed by atoms with E-state index in [2.05, 4.69) is 47.0 Å². The molecular weight excluding hydrogens is 799 g/mol. The van der Waals surface area contributed by atoms with Gasteiger partial charge in [-0.1, -0.05) is 43.4 Å². The molecule has 2 fully saturated rings. The number of fused-ring (bicyclic) bond motifs is 2. The zero-order chi connectivity index (χ0) is 44.0. The second kappa shape index (κ2) is 21.4. The summed E-state index contributed by atoms with van der Waals surface area (Å²) in [5.41, 5.74) is 18.9. The van der Waals surface area contributed by atoms with Crippen molar-refractivity contribution in [2.45, 2.75) is 52.5 Å². The van der Waals surface area contributed by atoms with Crippen LogP contribution in [-0.2, 0) is 11.8 Å². The lowest BCUT2D eigenvalue weighted by Crippen LogP contribution is -2.47. The number of nitrogens with one attached hydrogen (secondary N) is 2. The number of nitrogen functional groups attached to an aromatic ring is 2. The molecule has 2 aliphatic heterocycles. The molecule has 0 saturated carbocycles. The van der Waals surface area contributed by atoms with Gasteiger partial charge in [0.15, 0.2) is 5.13 Å². The molecule has 2 saturated heterocycles. The summed E-state index contributed by atoms with van der Waals surface area (Å²) in [6.07, 6.45) is 14.3. The maximum Gasteiger partial charge on any atom is 0.270 e. The van der Waals surface area contributed by atoms with E-state index in [1.807, 2.05) is 127 Å². The van der Waals surface area contributed by atoms with Crippen molar-refractivity contribution in [1.29, 1.82) is 0 Å². The van der Waals surface area contributed by atoms with Crippen LogP contribution in [0.4, 0.5) is 22.5 Å². The number of aromatic amines is 1. The molecule has 0 aliphatic carbocycles. The number of amides is 2. The van der Waals surface area contributed by atoms with Gasteiger partial charge in [-0.3, -0.25) is 24.2 Å². The molecule has 7 heterocycles. The van der Waals surface area contributed by atoms with Crippen LogP contribution >= 0.6 is 11.3 Å². The SMILES string of the molecule is C=N/C(=C\C=C/C)c1ccnc(Nc2ccc3nc(N)sc3c2)n1.CC.Cn1nccc1-c1ccccn1.Nc1ccc2[nH]c(C(=O)N3CCC(N4CCCC4=O)CC3)cc2c1.[HH].[HH]. The summed E-state index contributed by atoms with van der Waals surface area (Å²) in [6, 6.07) is 23.1. The number of pyridine rings is 1. The van der Waals surface area contributed by atoms with E-state index in [4.69, 9.17) is 11.5 Å². The largest absolute Gasteiger partial charge is 0.399 e. The quantitative estimate of drug-likeness (QED) is 0.0649. The van der Waals surface area contributed by atoms with Gasteiger partial charge in [-0.25, -0.2) is 15.0 Å². The minimum Gasteiger partial charge on any atom is -0.399 e. The van der Waals surface area contributed by atoms with E-state index in [-0.39, 0.29) is 14.7 Å². The van der Waals surface area contributed by atoms with E-state index in [0.717, 1.165) is 64.0 Å². The van der Waals surface area contributed by atoms with Crippen molar-refractivity contribution in [2.24, 2.45) is 12.0 Å². The Morgan fingerprint density at radius 3 is 2.50 bits per heavy atom. The van der Waals surface area contributed by atoms with Gasteiger partial charge >= 0.3 is 0 Å². The van der Waals surface area contributed by atoms with Crippen molar-refractivity contribution in [2.75, 3.05) is 36.4 Å². The Labute approximate surface area is 368 Å². The zero-order valence-electron chi connectivity index (χ0n) is 35.5. The Kier molecular flexibility index (Phi) is 15.3. The number of hydrogen-bond acceptors (Lipinski definition) is 12. The van der Waals surface area contributed by atoms with E-state index in [1.165, 1.54) is 11.3 Å². The number of hydrogen-bond donors (Lipinski definition) is 4. The van der Waals surface area contributed by atoms with E-state index in [0.29, 0.717) is 59.4 Å². The number of carbonyl (C=O) groups excluding carboxylic acids is 2. The molecule has 6 N–H and O–H groups in total. The molecule has 15 nitrogen and oxygen atoms in total. The van der Waals surface area contributed by atoms with Gasteiger partial charge in [0, 0.05) is 82.9 Å². The summed E-state index contributed by atoms with van der Waals surface area (Å²) in [5, 5.41) is 8.77. The Balaban J connectivity index is 0.000000213. The number of carbonyl (C=O) groups is 2. The number of thiazole rings is 1. The highest BCUT2D eigenvalue weighted by Crippen LogP contribution is 2.28. The molecule has 0 atom stereocenters. The fraction of sp³-hybridized carbons (Fsp3) is 0.261. The van der Waals surface area contributed by atoms with Crippen LogP contribution < -0.4 is 16.8 Å². The lowest BCUT2D eigenvalue weighted by atomic mass is 10.0. The number of rotatable bonds is 8. The van der Waals surface area contributed by atoms with Gasteiger partial charge < -0.3 is 31.6 Å². The molecule has 16 heteroatoms. The average Bonchev–Trinajstić information content (AvgIpc) is 4.12. The summed E-state index contributed by atoms with van der Waals surface area (Å²) in [5.74, 6) is 0.781. The third-order valence-electron chi connectivity index (χ3n) is 10.1. The smallest absolute Gasteiger partial charge is 0.270 e. The highest BCUT2D eigenvalue weighted by molar-refractivity contribution is 7.22. The van der Waals surface area contributed by atoms with Crippen LogP contribution in [0.1, 0.15) is 65.5 Å². The zero-order valence-corrected chi connectivity index (χ0v) is 36.3. The van der Waals surface area contributed by atoms with Gasteiger partial charge in [-0.05, 0) is 106 Å². The molecule has 2 amide bonds. The molecule has 9 rings (SSSR count). The van der Waals surface area contributed by atoms with Crippen LogP contribution in [0.15, 0.2) is 115 Å². The van der Waals surface area contributed by atoms with Crippen LogP contribution in [-0.4, -0.2) is 88.7 Å². The number of likely N-dealkylation sites (tertiary alicyclic amines) is 2. The fourth-order valence-electron chi connectivity index (χ4n) is 7.13. The number of H-pyrrole nitrogens is 1. The first-order valence-corrected chi connectivity index (χ1v) is 21.4. The maximum absolute atomic E-state index is 12.7. The molecule has 7 aromatic rings. The number of aliphatic imine (C=N–C) groups is 1. The Morgan fingerprint density at radius 2 is 1.81 bits per heavy atom. The number of anilines is 4. The molecule has 0 unspecified atom stereocenters. The Morgan fingerprint density at radius 1 is 0.984 bits per heavy atom. The maximum atomic E-state index is 12.7. The van der Waals surface area contributed by atoms with Gasteiger partial charge in [-0.15, -0.1) is 0 Å². The molecule has 5 aromatic heterocycles. The highest BCUT2D eigenvalue weighted by Gasteiger charge is 2.32. The van der Waals surface area contributed by atoms with Crippen LogP contribution in [0.5, 0.6) is 0 Å². The summed E-state index contributed by atoms with van der Waals surface area (Å²) in [6.45, 7) is 11.8. The molecule has 2 aliphatic rings. The van der Waals surface area contributed by atoms with Gasteiger partial charge in [0.05, 0.1) is 33.0 Å². The van der Waals surface area contributed by atoms with Crippen LogP contribution in [0.2, 0.25) is 0 Å². The summed E-state index contributed by atoms with van der Waals surface area (Å²) < 4.78 is 2.82. The van der Waals surface area contributed by atoms with Gasteiger partial charge in [0.25, 0.3) is 5.91 Å². The number of nitrogens with zero attached hydrogens (tertiary/aromatic N) is 9. The predicted octanol–water partition coefficient (Wildman–Crippen LogP) is 9.01. The van der Waals surface area contributed by atoms with E-state index in [1.54, 1.807) is 24.7 Å². The Bertz CT molecular complexity index is 2670. The van der Waals surface area contributed by atoms with E-state index in [9.17, 15) is 9.59 Å². The first-order valence-electron chi connectivity index (χ1n) is 20.6. The minimum absolute atomic E-state index is 0. The van der Waals surface area contributed by atoms with Crippen molar-refractivity contribution in [1.82, 2.24) is 44.5 Å². The number of aryl methyl sites for hydroxylation is 1. The van der Waals surface area contributed by atoms with E-state index >= 15 is 0 Å². The number of piperidine rings is 1. The third-order valence-corrected chi connectivity index (χ3v) is 11.0. The van der Waals surface area contributed by atoms with Gasteiger partial charge in [0.1, 0.15) is 5.69 Å². The Hall–Kier alpha value is -7.20. The monoisotopic (exact) mass is 855 g/mol. The topological polar surface area (TPSA) is 202 Å². The molecule has 0 radical (unpaired) electrons. The normalized spacial score (nSPS) is 14.2. The summed E-state index contributed by atoms with van der Waals surface area (Å²) in [7, 11) is 1.91. The average molecular weight is 856 g/mol. The van der Waals surface area contributed by atoms with Gasteiger partial charge in [-0.2, -0.15) is 5.10 Å². The lowest BCUT2D eigenvalue weighted by molar-refractivity contribution is -0.130. The highest BCUT2D eigenvalue weighted by atomic mass is 32.1. The number of allylic oxidation sites excluding steroid dienone is 3. The first kappa shape index (κ1) is 44.4. The van der Waals surface area contributed by atoms with Crippen molar-refractivity contribution in [3.8, 4) is 11.4 Å². The van der Waals surface area contributed by atoms with Gasteiger partial charge in [0.2, 0.25) is 11.9 Å². The number of nitrogens with two attached hydrogens (primary N) is 2. The second-order valence-electron chi connectivity index (χ2n) is 14.2. The van der Waals surface area contributed by atoms with Crippen LogP contribution in [0.3, 0.4) is 0 Å². The lowest BCUT2D eigenvalue weighted by Gasteiger charge is -2.36. The first-order chi connectivity index (χ1) is 30.2. The van der Waals surface area contributed by atoms with E-state index < -0.39 is 0 Å². The molecule has 0 bridgehead atoms. The third kappa shape index (κ3) is 11.1.